The van der Waals surface area contributed by atoms with Crippen molar-refractivity contribution in [2.45, 2.75) is 38.3 Å². The van der Waals surface area contributed by atoms with E-state index in [1.807, 2.05) is 11.3 Å². The van der Waals surface area contributed by atoms with Gasteiger partial charge in [0.05, 0.1) is 5.52 Å². The van der Waals surface area contributed by atoms with Crippen LogP contribution >= 0.6 is 11.3 Å². The number of hydrogen-bond acceptors (Lipinski definition) is 5. The number of aromatic nitrogens is 1. The summed E-state index contributed by atoms with van der Waals surface area (Å²) in [5, 5.41) is 12.4. The lowest BCUT2D eigenvalue weighted by atomic mass is 9.86. The van der Waals surface area contributed by atoms with Crippen LogP contribution in [0.25, 0.3) is 21.0 Å². The average Bonchev–Trinajstić information content (AvgIpc) is 3.23. The van der Waals surface area contributed by atoms with Crippen molar-refractivity contribution >= 4 is 43.8 Å². The minimum atomic E-state index is 0.510. The van der Waals surface area contributed by atoms with Crippen molar-refractivity contribution < 1.29 is 0 Å². The number of para-hydroxylation sites is 1. The molecule has 166 valence electrons. The van der Waals surface area contributed by atoms with Gasteiger partial charge in [-0.15, -0.1) is 11.3 Å². The molecule has 32 heavy (non-hydrogen) atoms. The summed E-state index contributed by atoms with van der Waals surface area (Å²) in [7, 11) is 4.20. The predicted octanol–water partition coefficient (Wildman–Crippen LogP) is 6.28. The molecule has 1 aliphatic rings. The highest BCUT2D eigenvalue weighted by molar-refractivity contribution is 7.17. The lowest BCUT2D eigenvalue weighted by molar-refractivity contribution is 0.324. The zero-order chi connectivity index (χ0) is 21.9. The van der Waals surface area contributed by atoms with E-state index in [1.165, 1.54) is 52.4 Å². The largest absolute Gasteiger partial charge is 0.377 e. The van der Waals surface area contributed by atoms with E-state index in [1.54, 1.807) is 0 Å². The Labute approximate surface area is 194 Å². The Morgan fingerprint density at radius 2 is 1.72 bits per heavy atom. The van der Waals surface area contributed by atoms with Gasteiger partial charge >= 0.3 is 0 Å². The van der Waals surface area contributed by atoms with Crippen LogP contribution < -0.4 is 15.5 Å². The first-order valence-electron chi connectivity index (χ1n) is 11.7. The lowest BCUT2D eigenvalue weighted by Gasteiger charge is -2.30. The predicted molar refractivity (Wildman–Crippen MR) is 139 cm³/mol. The van der Waals surface area contributed by atoms with E-state index in [0.29, 0.717) is 6.04 Å². The number of hydrogen-bond donors (Lipinski definition) is 2. The number of pyridine rings is 1. The normalized spacial score (nSPS) is 18.8. The molecule has 5 heteroatoms. The molecule has 4 nitrogen and oxygen atoms in total. The first-order chi connectivity index (χ1) is 15.7. The van der Waals surface area contributed by atoms with Gasteiger partial charge in [-0.05, 0) is 66.6 Å². The second kappa shape index (κ2) is 9.47. The summed E-state index contributed by atoms with van der Waals surface area (Å²) in [6.07, 6.45) is 4.95. The molecule has 0 bridgehead atoms. The number of fused-ring (bicyclic) bond motifs is 2. The number of nitrogens with zero attached hydrogens (tertiary/aromatic N) is 2. The summed E-state index contributed by atoms with van der Waals surface area (Å²) in [4.78, 5) is 7.06. The topological polar surface area (TPSA) is 40.2 Å². The summed E-state index contributed by atoms with van der Waals surface area (Å²) < 4.78 is 1.38. The van der Waals surface area contributed by atoms with Crippen molar-refractivity contribution in [2.24, 2.45) is 5.92 Å². The number of anilines is 2. The zero-order valence-electron chi connectivity index (χ0n) is 19.0. The first-order valence-corrected chi connectivity index (χ1v) is 12.5. The van der Waals surface area contributed by atoms with E-state index in [2.05, 4.69) is 89.6 Å². The molecule has 0 atom stereocenters. The van der Waals surface area contributed by atoms with E-state index < -0.39 is 0 Å². The van der Waals surface area contributed by atoms with E-state index >= 15 is 0 Å². The summed E-state index contributed by atoms with van der Waals surface area (Å²) in [6.45, 7) is 2.08. The molecular formula is C27H32N4S. The van der Waals surface area contributed by atoms with Crippen LogP contribution in [0, 0.1) is 5.92 Å². The molecule has 2 aromatic heterocycles. The molecule has 0 spiro atoms. The van der Waals surface area contributed by atoms with E-state index in [0.717, 1.165) is 30.3 Å². The molecule has 4 aromatic rings. The maximum absolute atomic E-state index is 4.89. The second-order valence-corrected chi connectivity index (χ2v) is 10.1. The van der Waals surface area contributed by atoms with E-state index in [9.17, 15) is 0 Å². The van der Waals surface area contributed by atoms with Crippen molar-refractivity contribution in [1.29, 1.82) is 0 Å². The van der Waals surface area contributed by atoms with Crippen molar-refractivity contribution in [1.82, 2.24) is 10.3 Å². The van der Waals surface area contributed by atoms with Gasteiger partial charge < -0.3 is 15.5 Å². The van der Waals surface area contributed by atoms with Crippen LogP contribution in [0.3, 0.4) is 0 Å². The fourth-order valence-corrected chi connectivity index (χ4v) is 5.86. The van der Waals surface area contributed by atoms with Crippen molar-refractivity contribution in [3.05, 3.63) is 65.5 Å². The highest BCUT2D eigenvalue weighted by Gasteiger charge is 2.21. The molecule has 0 radical (unpaired) electrons. The molecule has 5 rings (SSSR count). The Hall–Kier alpha value is -2.63. The lowest BCUT2D eigenvalue weighted by Crippen LogP contribution is -2.31. The molecule has 2 heterocycles. The maximum atomic E-state index is 4.89. The molecule has 1 fully saturated rings. The average molecular weight is 445 g/mol. The summed E-state index contributed by atoms with van der Waals surface area (Å²) >= 11 is 1.85. The fraction of sp³-hybridized carbons (Fsp3) is 0.370. The van der Waals surface area contributed by atoms with Gasteiger partial charge in [0.15, 0.2) is 0 Å². The van der Waals surface area contributed by atoms with Crippen LogP contribution in [0.2, 0.25) is 0 Å². The Morgan fingerprint density at radius 1 is 0.969 bits per heavy atom. The zero-order valence-corrected chi connectivity index (χ0v) is 19.8. The van der Waals surface area contributed by atoms with Gasteiger partial charge in [-0.25, -0.2) is 4.98 Å². The molecule has 2 aromatic carbocycles. The fourth-order valence-electron chi connectivity index (χ4n) is 4.90. The van der Waals surface area contributed by atoms with Gasteiger partial charge in [0, 0.05) is 48.5 Å². The number of thiophene rings is 1. The molecule has 2 N–H and O–H groups in total. The van der Waals surface area contributed by atoms with Gasteiger partial charge in [-0.3, -0.25) is 0 Å². The molecule has 0 unspecified atom stereocenters. The van der Waals surface area contributed by atoms with Crippen LogP contribution in [-0.2, 0) is 6.54 Å². The van der Waals surface area contributed by atoms with Gasteiger partial charge in [0.1, 0.15) is 5.82 Å². The Balaban J connectivity index is 1.14. The summed E-state index contributed by atoms with van der Waals surface area (Å²) in [5.41, 5.74) is 3.71. The van der Waals surface area contributed by atoms with Gasteiger partial charge in [0.2, 0.25) is 0 Å². The Morgan fingerprint density at radius 3 is 2.53 bits per heavy atom. The van der Waals surface area contributed by atoms with Crippen molar-refractivity contribution in [3.8, 4) is 0 Å². The number of nitrogens with one attached hydrogen (secondary N) is 2. The molecule has 1 aliphatic carbocycles. The molecule has 0 saturated heterocycles. The van der Waals surface area contributed by atoms with E-state index in [-0.39, 0.29) is 0 Å². The van der Waals surface area contributed by atoms with Crippen LogP contribution in [0.1, 0.15) is 31.2 Å². The Kier molecular flexibility index (Phi) is 6.28. The van der Waals surface area contributed by atoms with Crippen LogP contribution in [0.5, 0.6) is 0 Å². The van der Waals surface area contributed by atoms with Gasteiger partial charge in [-0.1, -0.05) is 36.4 Å². The SMILES string of the molecule is CN(C)c1cc(N[C@H]2CC[C@@H](CNCc3csc4ccccc34)CC2)nc2ccccc12. The molecule has 0 amide bonds. The smallest absolute Gasteiger partial charge is 0.128 e. The highest BCUT2D eigenvalue weighted by Crippen LogP contribution is 2.31. The van der Waals surface area contributed by atoms with Crippen molar-refractivity contribution in [3.63, 3.8) is 0 Å². The second-order valence-electron chi connectivity index (χ2n) is 9.19. The van der Waals surface area contributed by atoms with Gasteiger partial charge in [-0.2, -0.15) is 0 Å². The van der Waals surface area contributed by atoms with Crippen LogP contribution in [-0.4, -0.2) is 31.7 Å². The van der Waals surface area contributed by atoms with Crippen LogP contribution in [0.15, 0.2) is 60.0 Å². The van der Waals surface area contributed by atoms with Gasteiger partial charge in [0.25, 0.3) is 0 Å². The number of benzene rings is 2. The first kappa shape index (κ1) is 21.2. The third kappa shape index (κ3) is 4.59. The van der Waals surface area contributed by atoms with E-state index in [4.69, 9.17) is 4.98 Å². The third-order valence-corrected chi connectivity index (χ3v) is 7.70. The molecular weight excluding hydrogens is 412 g/mol. The Bertz CT molecular complexity index is 1190. The minimum absolute atomic E-state index is 0.510. The minimum Gasteiger partial charge on any atom is -0.377 e. The molecule has 0 aliphatic heterocycles. The maximum Gasteiger partial charge on any atom is 0.128 e. The number of rotatable bonds is 7. The standard InChI is InChI=1S/C27H32N4S/c1-31(2)25-15-27(30-24-9-5-3-8-23(24)25)29-21-13-11-19(12-14-21)16-28-17-20-18-32-26-10-6-4-7-22(20)26/h3-10,15,18-19,21,28H,11-14,16-17H2,1-2H3,(H,29,30)/t19-,21+. The van der Waals surface area contributed by atoms with Crippen molar-refractivity contribution in [2.75, 3.05) is 30.9 Å². The molecule has 1 saturated carbocycles. The highest BCUT2D eigenvalue weighted by atomic mass is 32.1. The van der Waals surface area contributed by atoms with Crippen LogP contribution in [0.4, 0.5) is 11.5 Å². The third-order valence-electron chi connectivity index (χ3n) is 6.68. The monoisotopic (exact) mass is 444 g/mol. The summed E-state index contributed by atoms with van der Waals surface area (Å²) in [5.74, 6) is 1.76. The quantitative estimate of drug-likeness (QED) is 0.352. The summed E-state index contributed by atoms with van der Waals surface area (Å²) in [6, 6.07) is 19.8.